The van der Waals surface area contributed by atoms with Crippen LogP contribution in [0.5, 0.6) is 0 Å². The molecule has 2 heterocycles. The molecule has 43 heavy (non-hydrogen) atoms. The largest absolute Gasteiger partial charge is 0.393 e. The molecule has 0 radical (unpaired) electrons. The number of aliphatic hydroxyl groups excluding tert-OH is 2. The van der Waals surface area contributed by atoms with E-state index in [1.165, 1.54) is 64.3 Å². The van der Waals surface area contributed by atoms with Gasteiger partial charge in [0, 0.05) is 44.2 Å². The number of methoxy groups -OCH3 is 1. The number of aliphatic hydroxyl groups is 2. The summed E-state index contributed by atoms with van der Waals surface area (Å²) in [6, 6.07) is 2.06. The summed E-state index contributed by atoms with van der Waals surface area (Å²) in [5.74, 6) is 4.43. The van der Waals surface area contributed by atoms with Crippen molar-refractivity contribution in [3.05, 3.63) is 12.2 Å². The average molecular weight is 600 g/mol. The third-order valence-corrected chi connectivity index (χ3v) is 14.6. The number of hydrogen-bond donors (Lipinski definition) is 4. The molecule has 0 bridgehead atoms. The maximum absolute atomic E-state index is 11.8. The van der Waals surface area contributed by atoms with Gasteiger partial charge >= 0.3 is 0 Å². The first kappa shape index (κ1) is 32.4. The lowest BCUT2D eigenvalue weighted by molar-refractivity contribution is -0.167. The topological polar surface area (TPSA) is 76.8 Å². The number of nitrogens with zero attached hydrogens (tertiary/aromatic N) is 1. The molecule has 6 rings (SSSR count). The lowest BCUT2D eigenvalue weighted by Crippen LogP contribution is -2.59. The minimum absolute atomic E-state index is 0.133. The first-order chi connectivity index (χ1) is 20.7. The van der Waals surface area contributed by atoms with Crippen molar-refractivity contribution < 1.29 is 14.9 Å². The van der Waals surface area contributed by atoms with E-state index in [9.17, 15) is 10.2 Å². The fourth-order valence-electron chi connectivity index (χ4n) is 11.8. The Morgan fingerprint density at radius 2 is 1.74 bits per heavy atom. The molecule has 6 nitrogen and oxygen atoms in total. The molecule has 0 amide bonds. The fraction of sp³-hybridized carbons (Fsp3) is 0.946. The molecule has 4 N–H and O–H groups in total. The van der Waals surface area contributed by atoms with Crippen LogP contribution in [-0.4, -0.2) is 78.9 Å². The highest BCUT2D eigenvalue weighted by Gasteiger charge is 2.62. The first-order valence-corrected chi connectivity index (χ1v) is 18.4. The lowest BCUT2D eigenvalue weighted by atomic mass is 9.43. The van der Waals surface area contributed by atoms with Gasteiger partial charge in [-0.2, -0.15) is 0 Å². The minimum Gasteiger partial charge on any atom is -0.393 e. The Morgan fingerprint density at radius 3 is 2.56 bits per heavy atom. The number of fused-ring (bicyclic) bond motifs is 6. The molecule has 6 heteroatoms. The van der Waals surface area contributed by atoms with Gasteiger partial charge in [-0.15, -0.1) is 0 Å². The molecule has 0 aromatic rings. The van der Waals surface area contributed by atoms with E-state index in [0.29, 0.717) is 64.3 Å². The molecule has 4 saturated carbocycles. The molecule has 4 aliphatic carbocycles. The predicted octanol–water partition coefficient (Wildman–Crippen LogP) is 5.58. The zero-order chi connectivity index (χ0) is 30.4. The molecule has 0 spiro atoms. The van der Waals surface area contributed by atoms with Crippen LogP contribution in [0, 0.1) is 52.3 Å². The van der Waals surface area contributed by atoms with Gasteiger partial charge < -0.3 is 25.6 Å². The summed E-state index contributed by atoms with van der Waals surface area (Å²) < 4.78 is 5.13. The van der Waals surface area contributed by atoms with Crippen molar-refractivity contribution in [2.75, 3.05) is 33.3 Å². The normalized spacial score (nSPS) is 48.1. The third-order valence-electron chi connectivity index (χ3n) is 14.6. The molecule has 6 unspecified atom stereocenters. The standard InChI is InChI=1S/C37H65N3O3/c1-24(8-13-34(42)43-5)30-11-12-31-35-32(15-17-37(30,31)4)36(3)16-14-28(20-27(36)21-33(35)41)39-19-7-6-18-38-22-26-9-10-29-23-40(29)25(26)2/h9-10,24-35,38-39,41-42H,6-8,11-23H2,1-5H3/t24-,25-,26?,27-,28-,29?,30-,31?,32?,33+,34?,35?,36+,37-,40+/m1/s1. The monoisotopic (exact) mass is 600 g/mol. The van der Waals surface area contributed by atoms with E-state index in [1.54, 1.807) is 7.11 Å². The first-order valence-electron chi connectivity index (χ1n) is 18.4. The predicted molar refractivity (Wildman–Crippen MR) is 175 cm³/mol. The van der Waals surface area contributed by atoms with E-state index in [-0.39, 0.29) is 6.10 Å². The van der Waals surface area contributed by atoms with Crippen molar-refractivity contribution >= 4 is 0 Å². The lowest BCUT2D eigenvalue weighted by Gasteiger charge is -2.62. The number of rotatable bonds is 13. The number of ether oxygens (including phenoxy) is 1. The van der Waals surface area contributed by atoms with Crippen LogP contribution >= 0.6 is 0 Å². The summed E-state index contributed by atoms with van der Waals surface area (Å²) in [6.07, 6.45) is 18.4. The SMILES string of the molecule is COC(O)CC[C@@H](C)[C@H]1CCC2C3C(CC[C@@]21C)[C@@]1(C)CC[C@@H](NCCCCNCC2C=CC4C[N@@]4[C@@H]2C)C[C@@H]1C[C@@H]3O. The molecule has 2 aliphatic heterocycles. The second-order valence-corrected chi connectivity index (χ2v) is 16.7. The Bertz CT molecular complexity index is 961. The molecular weight excluding hydrogens is 534 g/mol. The Kier molecular flexibility index (Phi) is 10.0. The summed E-state index contributed by atoms with van der Waals surface area (Å²) in [5.41, 5.74) is 0.724. The smallest absolute Gasteiger partial charge is 0.154 e. The molecule has 0 aromatic heterocycles. The van der Waals surface area contributed by atoms with Gasteiger partial charge in [0.15, 0.2) is 6.29 Å². The van der Waals surface area contributed by atoms with Crippen molar-refractivity contribution in [3.63, 3.8) is 0 Å². The van der Waals surface area contributed by atoms with Gasteiger partial charge in [-0.25, -0.2) is 0 Å². The van der Waals surface area contributed by atoms with E-state index in [4.69, 9.17) is 4.74 Å². The highest BCUT2D eigenvalue weighted by atomic mass is 16.6. The summed E-state index contributed by atoms with van der Waals surface area (Å²) in [7, 11) is 1.60. The molecular formula is C37H65N3O3. The van der Waals surface area contributed by atoms with Crippen molar-refractivity contribution in [2.24, 2.45) is 52.3 Å². The minimum atomic E-state index is -0.635. The van der Waals surface area contributed by atoms with E-state index in [1.807, 2.05) is 0 Å². The summed E-state index contributed by atoms with van der Waals surface area (Å²) in [6.45, 7) is 14.6. The zero-order valence-corrected chi connectivity index (χ0v) is 28.1. The highest BCUT2D eigenvalue weighted by Crippen LogP contribution is 2.68. The van der Waals surface area contributed by atoms with Crippen LogP contribution in [-0.2, 0) is 4.74 Å². The zero-order valence-electron chi connectivity index (χ0n) is 28.1. The summed E-state index contributed by atoms with van der Waals surface area (Å²) >= 11 is 0. The summed E-state index contributed by atoms with van der Waals surface area (Å²) in [5, 5.41) is 29.4. The van der Waals surface area contributed by atoms with Crippen LogP contribution in [0.1, 0.15) is 105 Å². The van der Waals surface area contributed by atoms with Crippen molar-refractivity contribution in [3.8, 4) is 0 Å². The molecule has 5 fully saturated rings. The van der Waals surface area contributed by atoms with Gasteiger partial charge in [0.1, 0.15) is 0 Å². The quantitative estimate of drug-likeness (QED) is 0.0958. The van der Waals surface area contributed by atoms with E-state index >= 15 is 0 Å². The van der Waals surface area contributed by atoms with Gasteiger partial charge in [-0.1, -0.05) is 32.9 Å². The van der Waals surface area contributed by atoms with Crippen LogP contribution in [0.4, 0.5) is 0 Å². The third kappa shape index (κ3) is 6.41. The Hall–Kier alpha value is -0.500. The average Bonchev–Trinajstić information content (AvgIpc) is 3.71. The number of hydrogen-bond acceptors (Lipinski definition) is 6. The Labute approximate surface area is 263 Å². The van der Waals surface area contributed by atoms with E-state index in [2.05, 4.69) is 55.4 Å². The molecule has 0 aromatic carbocycles. The van der Waals surface area contributed by atoms with Gasteiger partial charge in [0.25, 0.3) is 0 Å². The second-order valence-electron chi connectivity index (χ2n) is 16.7. The van der Waals surface area contributed by atoms with Gasteiger partial charge in [0.05, 0.1) is 6.10 Å². The second kappa shape index (κ2) is 13.3. The highest BCUT2D eigenvalue weighted by molar-refractivity contribution is 5.16. The van der Waals surface area contributed by atoms with Gasteiger partial charge in [-0.05, 0) is 143 Å². The number of nitrogens with one attached hydrogen (secondary N) is 2. The van der Waals surface area contributed by atoms with Gasteiger partial charge in [0.2, 0.25) is 0 Å². The van der Waals surface area contributed by atoms with Crippen LogP contribution < -0.4 is 10.6 Å². The van der Waals surface area contributed by atoms with Crippen LogP contribution in [0.2, 0.25) is 0 Å². The molecule has 6 aliphatic rings. The van der Waals surface area contributed by atoms with Crippen LogP contribution in [0.15, 0.2) is 12.2 Å². The van der Waals surface area contributed by atoms with Crippen LogP contribution in [0.3, 0.4) is 0 Å². The molecule has 15 atom stereocenters. The fourth-order valence-corrected chi connectivity index (χ4v) is 11.8. The Balaban J connectivity index is 0.950. The maximum atomic E-state index is 11.8. The maximum Gasteiger partial charge on any atom is 0.154 e. The van der Waals surface area contributed by atoms with Crippen LogP contribution in [0.25, 0.3) is 0 Å². The summed E-state index contributed by atoms with van der Waals surface area (Å²) in [4.78, 5) is 2.60. The van der Waals surface area contributed by atoms with E-state index in [0.717, 1.165) is 44.9 Å². The van der Waals surface area contributed by atoms with Gasteiger partial charge in [-0.3, -0.25) is 4.90 Å². The van der Waals surface area contributed by atoms with Crippen molar-refractivity contribution in [1.82, 2.24) is 15.5 Å². The van der Waals surface area contributed by atoms with Crippen molar-refractivity contribution in [2.45, 2.75) is 135 Å². The molecule has 1 saturated heterocycles. The van der Waals surface area contributed by atoms with E-state index < -0.39 is 6.29 Å². The molecule has 246 valence electrons. The van der Waals surface area contributed by atoms with Crippen molar-refractivity contribution in [1.29, 1.82) is 0 Å². The number of unbranched alkanes of at least 4 members (excludes halogenated alkanes) is 1. The Morgan fingerprint density at radius 1 is 0.977 bits per heavy atom.